The van der Waals surface area contributed by atoms with Crippen LogP contribution in [0.1, 0.15) is 20.8 Å². The van der Waals surface area contributed by atoms with Crippen molar-refractivity contribution in [1.82, 2.24) is 10.2 Å². The van der Waals surface area contributed by atoms with Gasteiger partial charge in [-0.25, -0.2) is 0 Å². The van der Waals surface area contributed by atoms with Crippen LogP contribution in [-0.2, 0) is 0 Å². The molecule has 1 fully saturated rings. The molecule has 1 aliphatic heterocycles. The molecular weight excluding hydrogens is 316 g/mol. The van der Waals surface area contributed by atoms with Gasteiger partial charge in [0.25, 0.3) is 0 Å². The lowest BCUT2D eigenvalue weighted by Crippen LogP contribution is -2.57. The van der Waals surface area contributed by atoms with E-state index in [1.807, 2.05) is 24.3 Å². The standard InChI is InChI=1S/C16H25BrN2O/c1-12(2)16-11-19(13(3)10-18-16)8-9-20-15-6-4-14(17)5-7-15/h4-7,12-13,16,18H,8-11H2,1-3H3. The first kappa shape index (κ1) is 15.8. The molecule has 2 atom stereocenters. The normalized spacial score (nSPS) is 24.1. The van der Waals surface area contributed by atoms with Gasteiger partial charge in [0, 0.05) is 36.2 Å². The summed E-state index contributed by atoms with van der Waals surface area (Å²) in [6, 6.07) is 9.21. The minimum absolute atomic E-state index is 0.582. The van der Waals surface area contributed by atoms with E-state index in [1.165, 1.54) is 0 Å². The maximum absolute atomic E-state index is 5.82. The second-order valence-electron chi connectivity index (χ2n) is 5.91. The predicted octanol–water partition coefficient (Wildman–Crippen LogP) is 3.15. The topological polar surface area (TPSA) is 24.5 Å². The summed E-state index contributed by atoms with van der Waals surface area (Å²) >= 11 is 3.43. The number of halogens is 1. The third-order valence-electron chi connectivity index (χ3n) is 4.00. The Balaban J connectivity index is 1.78. The largest absolute Gasteiger partial charge is 0.492 e. The Bertz CT molecular complexity index is 407. The van der Waals surface area contributed by atoms with Crippen LogP contribution in [0.3, 0.4) is 0 Å². The minimum atomic E-state index is 0.582. The van der Waals surface area contributed by atoms with Crippen LogP contribution in [0, 0.1) is 5.92 Å². The van der Waals surface area contributed by atoms with Crippen LogP contribution in [0.15, 0.2) is 28.7 Å². The highest BCUT2D eigenvalue weighted by Crippen LogP contribution is 2.17. The number of piperazine rings is 1. The molecule has 4 heteroatoms. The Hall–Kier alpha value is -0.580. The molecule has 112 valence electrons. The zero-order valence-corrected chi connectivity index (χ0v) is 14.2. The summed E-state index contributed by atoms with van der Waals surface area (Å²) in [7, 11) is 0. The number of rotatable bonds is 5. The first-order valence-corrected chi connectivity index (χ1v) is 8.21. The molecule has 0 aliphatic carbocycles. The van der Waals surface area contributed by atoms with E-state index in [4.69, 9.17) is 4.74 Å². The number of hydrogen-bond acceptors (Lipinski definition) is 3. The Kier molecular flexibility index (Phi) is 5.87. The fourth-order valence-electron chi connectivity index (χ4n) is 2.52. The summed E-state index contributed by atoms with van der Waals surface area (Å²) < 4.78 is 6.91. The third-order valence-corrected chi connectivity index (χ3v) is 4.52. The zero-order valence-electron chi connectivity index (χ0n) is 12.6. The molecule has 1 heterocycles. The second-order valence-corrected chi connectivity index (χ2v) is 6.82. The lowest BCUT2D eigenvalue weighted by Gasteiger charge is -2.40. The first-order chi connectivity index (χ1) is 9.56. The summed E-state index contributed by atoms with van der Waals surface area (Å²) in [6.45, 7) is 10.8. The maximum atomic E-state index is 5.82. The highest BCUT2D eigenvalue weighted by Gasteiger charge is 2.26. The molecule has 0 bridgehead atoms. The van der Waals surface area contributed by atoms with Gasteiger partial charge in [-0.1, -0.05) is 29.8 Å². The Labute approximate surface area is 130 Å². The van der Waals surface area contributed by atoms with E-state index in [1.54, 1.807) is 0 Å². The number of nitrogens with zero attached hydrogens (tertiary/aromatic N) is 1. The number of ether oxygens (including phenoxy) is 1. The average Bonchev–Trinajstić information content (AvgIpc) is 2.43. The SMILES string of the molecule is CC(C)C1CN(CCOc2ccc(Br)cc2)C(C)CN1. The van der Waals surface area contributed by atoms with Gasteiger partial charge in [-0.05, 0) is 37.1 Å². The van der Waals surface area contributed by atoms with E-state index in [0.29, 0.717) is 18.0 Å². The Morgan fingerprint density at radius 1 is 1.35 bits per heavy atom. The van der Waals surface area contributed by atoms with Crippen molar-refractivity contribution in [2.24, 2.45) is 5.92 Å². The van der Waals surface area contributed by atoms with Crippen molar-refractivity contribution in [2.45, 2.75) is 32.9 Å². The van der Waals surface area contributed by atoms with Crippen molar-refractivity contribution in [2.75, 3.05) is 26.2 Å². The third kappa shape index (κ3) is 4.47. The van der Waals surface area contributed by atoms with Crippen molar-refractivity contribution in [1.29, 1.82) is 0 Å². The molecule has 2 rings (SSSR count). The molecule has 2 unspecified atom stereocenters. The van der Waals surface area contributed by atoms with Gasteiger partial charge in [-0.3, -0.25) is 4.90 Å². The van der Waals surface area contributed by atoms with Gasteiger partial charge < -0.3 is 10.1 Å². The maximum Gasteiger partial charge on any atom is 0.119 e. The van der Waals surface area contributed by atoms with Crippen molar-refractivity contribution in [3.05, 3.63) is 28.7 Å². The van der Waals surface area contributed by atoms with E-state index in [-0.39, 0.29) is 0 Å². The van der Waals surface area contributed by atoms with Crippen LogP contribution in [0.4, 0.5) is 0 Å². The molecule has 3 nitrogen and oxygen atoms in total. The van der Waals surface area contributed by atoms with Gasteiger partial charge in [0.2, 0.25) is 0 Å². The molecule has 1 aliphatic rings. The zero-order chi connectivity index (χ0) is 14.5. The van der Waals surface area contributed by atoms with Gasteiger partial charge in [-0.2, -0.15) is 0 Å². The summed E-state index contributed by atoms with van der Waals surface area (Å²) in [6.07, 6.45) is 0. The van der Waals surface area contributed by atoms with Crippen LogP contribution in [0.5, 0.6) is 5.75 Å². The minimum Gasteiger partial charge on any atom is -0.492 e. The number of benzene rings is 1. The number of hydrogen-bond donors (Lipinski definition) is 1. The Morgan fingerprint density at radius 2 is 2.05 bits per heavy atom. The van der Waals surface area contributed by atoms with Gasteiger partial charge in [0.15, 0.2) is 0 Å². The molecule has 1 aromatic carbocycles. The first-order valence-electron chi connectivity index (χ1n) is 7.42. The summed E-state index contributed by atoms with van der Waals surface area (Å²) in [5.41, 5.74) is 0. The molecule has 1 N–H and O–H groups in total. The van der Waals surface area contributed by atoms with Crippen molar-refractivity contribution >= 4 is 15.9 Å². The van der Waals surface area contributed by atoms with Crippen LogP contribution < -0.4 is 10.1 Å². The van der Waals surface area contributed by atoms with Gasteiger partial charge in [0.1, 0.15) is 12.4 Å². The van der Waals surface area contributed by atoms with E-state index in [2.05, 4.69) is 46.9 Å². The van der Waals surface area contributed by atoms with Crippen LogP contribution in [0.25, 0.3) is 0 Å². The van der Waals surface area contributed by atoms with E-state index in [9.17, 15) is 0 Å². The van der Waals surface area contributed by atoms with E-state index in [0.717, 1.165) is 36.5 Å². The molecule has 20 heavy (non-hydrogen) atoms. The van der Waals surface area contributed by atoms with Crippen molar-refractivity contribution in [3.8, 4) is 5.75 Å². The van der Waals surface area contributed by atoms with Gasteiger partial charge >= 0.3 is 0 Å². The molecule has 1 saturated heterocycles. The lowest BCUT2D eigenvalue weighted by atomic mass is 10.00. The van der Waals surface area contributed by atoms with Crippen LogP contribution in [0.2, 0.25) is 0 Å². The summed E-state index contributed by atoms with van der Waals surface area (Å²) in [4.78, 5) is 2.53. The van der Waals surface area contributed by atoms with E-state index >= 15 is 0 Å². The summed E-state index contributed by atoms with van der Waals surface area (Å²) in [5, 5.41) is 3.62. The van der Waals surface area contributed by atoms with Gasteiger partial charge in [-0.15, -0.1) is 0 Å². The highest BCUT2D eigenvalue weighted by molar-refractivity contribution is 9.10. The predicted molar refractivity (Wildman–Crippen MR) is 87.3 cm³/mol. The monoisotopic (exact) mass is 340 g/mol. The highest BCUT2D eigenvalue weighted by atomic mass is 79.9. The van der Waals surface area contributed by atoms with E-state index < -0.39 is 0 Å². The molecular formula is C16H25BrN2O. The molecule has 0 saturated carbocycles. The van der Waals surface area contributed by atoms with Crippen molar-refractivity contribution in [3.63, 3.8) is 0 Å². The average molecular weight is 341 g/mol. The quantitative estimate of drug-likeness (QED) is 0.891. The van der Waals surface area contributed by atoms with Gasteiger partial charge in [0.05, 0.1) is 0 Å². The fourth-order valence-corrected chi connectivity index (χ4v) is 2.78. The second kappa shape index (κ2) is 7.43. The van der Waals surface area contributed by atoms with Crippen LogP contribution in [-0.4, -0.2) is 43.2 Å². The van der Waals surface area contributed by atoms with Crippen molar-refractivity contribution < 1.29 is 4.74 Å². The molecule has 0 radical (unpaired) electrons. The lowest BCUT2D eigenvalue weighted by molar-refractivity contribution is 0.104. The van der Waals surface area contributed by atoms with Crippen LogP contribution >= 0.6 is 15.9 Å². The molecule has 0 amide bonds. The number of nitrogens with one attached hydrogen (secondary N) is 1. The fraction of sp³-hybridized carbons (Fsp3) is 0.625. The molecule has 1 aromatic rings. The molecule has 0 aromatic heterocycles. The Morgan fingerprint density at radius 3 is 2.70 bits per heavy atom. The molecule has 0 spiro atoms. The summed E-state index contributed by atoms with van der Waals surface area (Å²) in [5.74, 6) is 1.62. The smallest absolute Gasteiger partial charge is 0.119 e.